The van der Waals surface area contributed by atoms with E-state index in [1.807, 2.05) is 18.2 Å². The molecular weight excluding hydrogens is 318 g/mol. The molecule has 0 aliphatic rings. The van der Waals surface area contributed by atoms with Gasteiger partial charge in [0, 0.05) is 5.69 Å². The maximum atomic E-state index is 13.2. The van der Waals surface area contributed by atoms with Crippen LogP contribution in [0.1, 0.15) is 6.42 Å². The van der Waals surface area contributed by atoms with Crippen molar-refractivity contribution in [2.75, 3.05) is 11.9 Å². The summed E-state index contributed by atoms with van der Waals surface area (Å²) in [7, 11) is 0. The molecule has 110 valence electrons. The minimum absolute atomic E-state index is 0.0203. The predicted octanol–water partition coefficient (Wildman–Crippen LogP) is 3.94. The van der Waals surface area contributed by atoms with E-state index in [-0.39, 0.29) is 34.9 Å². The van der Waals surface area contributed by atoms with Crippen LogP contribution in [0.3, 0.4) is 0 Å². The molecule has 0 atom stereocenters. The number of amides is 1. The molecule has 0 radical (unpaired) electrons. The van der Waals surface area contributed by atoms with E-state index in [9.17, 15) is 9.18 Å². The number of halogens is 3. The van der Waals surface area contributed by atoms with Crippen LogP contribution in [-0.4, -0.2) is 17.5 Å². The fourth-order valence-corrected chi connectivity index (χ4v) is 1.93. The number of nitrogens with one attached hydrogen (secondary N) is 1. The summed E-state index contributed by atoms with van der Waals surface area (Å²) in [6.45, 7) is 0.0203. The fourth-order valence-electron chi connectivity index (χ4n) is 1.52. The molecule has 0 aliphatic carbocycles. The number of ether oxygens (including phenoxy) is 1. The van der Waals surface area contributed by atoms with Gasteiger partial charge in [0.15, 0.2) is 0 Å². The molecule has 7 heteroatoms. The van der Waals surface area contributed by atoms with Crippen molar-refractivity contribution in [3.05, 3.63) is 52.4 Å². The maximum absolute atomic E-state index is 13.2. The van der Waals surface area contributed by atoms with Crippen molar-refractivity contribution in [2.24, 2.45) is 0 Å². The normalized spacial score (nSPS) is 10.2. The van der Waals surface area contributed by atoms with E-state index in [4.69, 9.17) is 27.9 Å². The van der Waals surface area contributed by atoms with Gasteiger partial charge >= 0.3 is 0 Å². The van der Waals surface area contributed by atoms with Gasteiger partial charge in [-0.05, 0) is 18.2 Å². The SMILES string of the molecule is O=C(CCOc1nc(F)c(Cl)cc1Cl)Nc1ccccc1. The molecule has 0 saturated carbocycles. The number of para-hydroxylation sites is 1. The van der Waals surface area contributed by atoms with E-state index in [0.29, 0.717) is 5.69 Å². The zero-order chi connectivity index (χ0) is 15.2. The van der Waals surface area contributed by atoms with Crippen LogP contribution >= 0.6 is 23.2 Å². The van der Waals surface area contributed by atoms with Crippen LogP contribution < -0.4 is 10.1 Å². The van der Waals surface area contributed by atoms with E-state index in [0.717, 1.165) is 0 Å². The Hall–Kier alpha value is -1.85. The second-order valence-electron chi connectivity index (χ2n) is 4.06. The Balaban J connectivity index is 1.84. The highest BCUT2D eigenvalue weighted by molar-refractivity contribution is 6.35. The highest BCUT2D eigenvalue weighted by Gasteiger charge is 2.11. The zero-order valence-corrected chi connectivity index (χ0v) is 12.3. The van der Waals surface area contributed by atoms with Crippen LogP contribution in [0.2, 0.25) is 10.0 Å². The zero-order valence-electron chi connectivity index (χ0n) is 10.8. The number of carbonyl (C=O) groups is 1. The Morgan fingerprint density at radius 2 is 1.95 bits per heavy atom. The topological polar surface area (TPSA) is 51.2 Å². The van der Waals surface area contributed by atoms with Crippen molar-refractivity contribution in [1.82, 2.24) is 4.98 Å². The molecule has 0 saturated heterocycles. The number of hydrogen-bond donors (Lipinski definition) is 1. The second-order valence-corrected chi connectivity index (χ2v) is 4.88. The summed E-state index contributed by atoms with van der Waals surface area (Å²) in [6, 6.07) is 10.2. The fraction of sp³-hybridized carbons (Fsp3) is 0.143. The van der Waals surface area contributed by atoms with Gasteiger partial charge in [-0.2, -0.15) is 9.37 Å². The summed E-state index contributed by atoms with van der Waals surface area (Å²) < 4.78 is 18.4. The standard InChI is InChI=1S/C14H11Cl2FN2O2/c15-10-8-11(16)14(19-13(10)17)21-7-6-12(20)18-9-4-2-1-3-5-9/h1-5,8H,6-7H2,(H,18,20). The lowest BCUT2D eigenvalue weighted by Gasteiger charge is -2.08. The van der Waals surface area contributed by atoms with Gasteiger partial charge in [0.05, 0.1) is 18.1 Å². The first-order chi connectivity index (χ1) is 10.1. The Kier molecular flexibility index (Phi) is 5.36. The number of aromatic nitrogens is 1. The van der Waals surface area contributed by atoms with Crippen LogP contribution in [0, 0.1) is 5.95 Å². The Morgan fingerprint density at radius 1 is 1.24 bits per heavy atom. The number of hydrogen-bond acceptors (Lipinski definition) is 3. The highest BCUT2D eigenvalue weighted by Crippen LogP contribution is 2.26. The number of carbonyl (C=O) groups excluding carboxylic acids is 1. The number of benzene rings is 1. The van der Waals surface area contributed by atoms with Gasteiger partial charge in [0.1, 0.15) is 5.02 Å². The van der Waals surface area contributed by atoms with Crippen molar-refractivity contribution in [3.8, 4) is 5.88 Å². The molecule has 21 heavy (non-hydrogen) atoms. The molecule has 0 fully saturated rings. The van der Waals surface area contributed by atoms with Gasteiger partial charge in [-0.15, -0.1) is 0 Å². The monoisotopic (exact) mass is 328 g/mol. The molecular formula is C14H11Cl2FN2O2. The Bertz CT molecular complexity index is 638. The average molecular weight is 329 g/mol. The molecule has 0 aliphatic heterocycles. The molecule has 1 aromatic carbocycles. The van der Waals surface area contributed by atoms with Crippen LogP contribution in [0.25, 0.3) is 0 Å². The molecule has 2 rings (SSSR count). The van der Waals surface area contributed by atoms with Crippen molar-refractivity contribution in [1.29, 1.82) is 0 Å². The lowest BCUT2D eigenvalue weighted by molar-refractivity contribution is -0.116. The van der Waals surface area contributed by atoms with E-state index < -0.39 is 5.95 Å². The number of anilines is 1. The maximum Gasteiger partial charge on any atom is 0.235 e. The van der Waals surface area contributed by atoms with Crippen molar-refractivity contribution < 1.29 is 13.9 Å². The minimum Gasteiger partial charge on any atom is -0.476 e. The molecule has 0 bridgehead atoms. The average Bonchev–Trinajstić information content (AvgIpc) is 2.45. The van der Waals surface area contributed by atoms with Gasteiger partial charge in [0.25, 0.3) is 0 Å². The van der Waals surface area contributed by atoms with E-state index in [2.05, 4.69) is 10.3 Å². The molecule has 0 spiro atoms. The number of nitrogens with zero attached hydrogens (tertiary/aromatic N) is 1. The van der Waals surface area contributed by atoms with Gasteiger partial charge < -0.3 is 10.1 Å². The lowest BCUT2D eigenvalue weighted by Crippen LogP contribution is -2.15. The smallest absolute Gasteiger partial charge is 0.235 e. The molecule has 2 aromatic rings. The minimum atomic E-state index is -0.871. The first-order valence-corrected chi connectivity index (χ1v) is 6.81. The van der Waals surface area contributed by atoms with E-state index in [1.54, 1.807) is 12.1 Å². The van der Waals surface area contributed by atoms with Gasteiger partial charge in [-0.1, -0.05) is 41.4 Å². The number of pyridine rings is 1. The van der Waals surface area contributed by atoms with Crippen LogP contribution in [-0.2, 0) is 4.79 Å². The lowest BCUT2D eigenvalue weighted by atomic mass is 10.3. The third-order valence-electron chi connectivity index (χ3n) is 2.48. The molecule has 1 heterocycles. The van der Waals surface area contributed by atoms with E-state index in [1.165, 1.54) is 6.07 Å². The summed E-state index contributed by atoms with van der Waals surface area (Å²) in [5, 5.41) is 2.60. The number of rotatable bonds is 5. The molecule has 4 nitrogen and oxygen atoms in total. The van der Waals surface area contributed by atoms with Crippen LogP contribution in [0.4, 0.5) is 10.1 Å². The largest absolute Gasteiger partial charge is 0.476 e. The Labute approximate surface area is 130 Å². The highest BCUT2D eigenvalue weighted by atomic mass is 35.5. The first-order valence-electron chi connectivity index (χ1n) is 6.05. The van der Waals surface area contributed by atoms with Crippen molar-refractivity contribution in [3.63, 3.8) is 0 Å². The second kappa shape index (κ2) is 7.24. The van der Waals surface area contributed by atoms with Gasteiger partial charge in [0.2, 0.25) is 17.7 Å². The van der Waals surface area contributed by atoms with E-state index >= 15 is 0 Å². The summed E-state index contributed by atoms with van der Waals surface area (Å²) >= 11 is 11.3. The predicted molar refractivity (Wildman–Crippen MR) is 79.4 cm³/mol. The molecule has 1 amide bonds. The molecule has 0 unspecified atom stereocenters. The van der Waals surface area contributed by atoms with Crippen molar-refractivity contribution in [2.45, 2.75) is 6.42 Å². The summed E-state index contributed by atoms with van der Waals surface area (Å²) in [5.41, 5.74) is 0.691. The third-order valence-corrected chi connectivity index (χ3v) is 3.02. The first kappa shape index (κ1) is 15.5. The van der Waals surface area contributed by atoms with Crippen LogP contribution in [0.5, 0.6) is 5.88 Å². The summed E-state index contributed by atoms with van der Waals surface area (Å²) in [6.07, 6.45) is 0.0805. The molecule has 1 aromatic heterocycles. The quantitative estimate of drug-likeness (QED) is 0.846. The summed E-state index contributed by atoms with van der Waals surface area (Å²) in [4.78, 5) is 15.1. The van der Waals surface area contributed by atoms with Gasteiger partial charge in [-0.3, -0.25) is 4.79 Å². The van der Waals surface area contributed by atoms with Crippen LogP contribution in [0.15, 0.2) is 36.4 Å². The van der Waals surface area contributed by atoms with Gasteiger partial charge in [-0.25, -0.2) is 0 Å². The summed E-state index contributed by atoms with van der Waals surface area (Å²) in [5.74, 6) is -1.19. The van der Waals surface area contributed by atoms with Crippen molar-refractivity contribution >= 4 is 34.8 Å². The molecule has 1 N–H and O–H groups in total. The Morgan fingerprint density at radius 3 is 2.67 bits per heavy atom. The third kappa shape index (κ3) is 4.58.